The smallest absolute Gasteiger partial charge is 0.308 e. The standard InChI is InChI=1S/C13H13BrN2O5/c1-7-5-15(6-9(7)13(18)19)12(17)8-2-3-10(14)11(4-8)16(20)21/h2-4,7,9H,5-6H2,1H3,(H,18,19)/t7-,9-/m1/s1. The molecule has 0 saturated carbocycles. The summed E-state index contributed by atoms with van der Waals surface area (Å²) in [5.74, 6) is -2.06. The molecule has 21 heavy (non-hydrogen) atoms. The van der Waals surface area contributed by atoms with Crippen LogP contribution < -0.4 is 0 Å². The highest BCUT2D eigenvalue weighted by Crippen LogP contribution is 2.28. The number of nitro benzene ring substituents is 1. The monoisotopic (exact) mass is 356 g/mol. The molecule has 1 aliphatic rings. The van der Waals surface area contributed by atoms with Gasteiger partial charge in [0.05, 0.1) is 15.3 Å². The molecule has 7 nitrogen and oxygen atoms in total. The summed E-state index contributed by atoms with van der Waals surface area (Å²) in [6.07, 6.45) is 0. The summed E-state index contributed by atoms with van der Waals surface area (Å²) in [5, 5.41) is 20.0. The number of carbonyl (C=O) groups excluding carboxylic acids is 1. The Labute approximate surface area is 128 Å². The molecule has 1 N–H and O–H groups in total. The quantitative estimate of drug-likeness (QED) is 0.660. The SMILES string of the molecule is C[C@@H]1CN(C(=O)c2ccc(Br)c([N+](=O)[O-])c2)C[C@H]1C(=O)O. The van der Waals surface area contributed by atoms with Gasteiger partial charge in [-0.25, -0.2) is 0 Å². The minimum absolute atomic E-state index is 0.124. The molecular weight excluding hydrogens is 344 g/mol. The summed E-state index contributed by atoms with van der Waals surface area (Å²) < 4.78 is 0.294. The van der Waals surface area contributed by atoms with Crippen LogP contribution in [0, 0.1) is 22.0 Å². The molecule has 0 aliphatic carbocycles. The van der Waals surface area contributed by atoms with Gasteiger partial charge in [-0.15, -0.1) is 0 Å². The highest BCUT2D eigenvalue weighted by atomic mass is 79.9. The van der Waals surface area contributed by atoms with Crippen LogP contribution in [-0.2, 0) is 4.79 Å². The molecule has 1 fully saturated rings. The number of carbonyl (C=O) groups is 2. The second-order valence-electron chi connectivity index (χ2n) is 5.06. The molecule has 0 radical (unpaired) electrons. The van der Waals surface area contributed by atoms with E-state index in [1.807, 2.05) is 0 Å². The number of nitro groups is 1. The van der Waals surface area contributed by atoms with Crippen molar-refractivity contribution < 1.29 is 19.6 Å². The number of hydrogen-bond donors (Lipinski definition) is 1. The molecule has 1 aromatic rings. The summed E-state index contributed by atoms with van der Waals surface area (Å²) in [5.41, 5.74) is -0.00832. The Morgan fingerprint density at radius 2 is 2.10 bits per heavy atom. The van der Waals surface area contributed by atoms with Crippen LogP contribution in [0.5, 0.6) is 0 Å². The van der Waals surface area contributed by atoms with Crippen LogP contribution in [0.1, 0.15) is 17.3 Å². The van der Waals surface area contributed by atoms with Gasteiger partial charge in [-0.2, -0.15) is 0 Å². The van der Waals surface area contributed by atoms with Gasteiger partial charge < -0.3 is 10.0 Å². The number of benzene rings is 1. The van der Waals surface area contributed by atoms with Crippen LogP contribution >= 0.6 is 15.9 Å². The molecule has 1 aliphatic heterocycles. The highest BCUT2D eigenvalue weighted by molar-refractivity contribution is 9.10. The lowest BCUT2D eigenvalue weighted by Crippen LogP contribution is -2.30. The normalized spacial score (nSPS) is 21.3. The van der Waals surface area contributed by atoms with Gasteiger partial charge in [-0.1, -0.05) is 6.92 Å². The predicted octanol–water partition coefficient (Wildman–Crippen LogP) is 2.15. The van der Waals surface area contributed by atoms with Crippen molar-refractivity contribution in [2.45, 2.75) is 6.92 Å². The van der Waals surface area contributed by atoms with Crippen molar-refractivity contribution in [2.24, 2.45) is 11.8 Å². The molecule has 2 atom stereocenters. The van der Waals surface area contributed by atoms with Crippen molar-refractivity contribution in [3.8, 4) is 0 Å². The first-order chi connectivity index (χ1) is 9.81. The van der Waals surface area contributed by atoms with Crippen molar-refractivity contribution in [1.82, 2.24) is 4.90 Å². The average molecular weight is 357 g/mol. The first kappa shape index (κ1) is 15.4. The van der Waals surface area contributed by atoms with E-state index < -0.39 is 16.8 Å². The van der Waals surface area contributed by atoms with Crippen LogP contribution in [0.25, 0.3) is 0 Å². The van der Waals surface area contributed by atoms with Crippen molar-refractivity contribution >= 4 is 33.5 Å². The summed E-state index contributed by atoms with van der Waals surface area (Å²) in [7, 11) is 0. The van der Waals surface area contributed by atoms with Crippen molar-refractivity contribution in [3.63, 3.8) is 0 Å². The van der Waals surface area contributed by atoms with Crippen molar-refractivity contribution in [2.75, 3.05) is 13.1 Å². The molecule has 1 amide bonds. The largest absolute Gasteiger partial charge is 0.481 e. The van der Waals surface area contributed by atoms with E-state index in [9.17, 15) is 19.7 Å². The van der Waals surface area contributed by atoms with Crippen LogP contribution in [-0.4, -0.2) is 39.9 Å². The van der Waals surface area contributed by atoms with E-state index >= 15 is 0 Å². The maximum absolute atomic E-state index is 12.3. The topological polar surface area (TPSA) is 101 Å². The van der Waals surface area contributed by atoms with Gasteiger partial charge >= 0.3 is 5.97 Å². The first-order valence-electron chi connectivity index (χ1n) is 6.27. The summed E-state index contributed by atoms with van der Waals surface area (Å²) in [6, 6.07) is 4.13. The Hall–Kier alpha value is -1.96. The average Bonchev–Trinajstić information content (AvgIpc) is 2.80. The zero-order valence-corrected chi connectivity index (χ0v) is 12.7. The van der Waals surface area contributed by atoms with Crippen LogP contribution in [0.4, 0.5) is 5.69 Å². The minimum Gasteiger partial charge on any atom is -0.481 e. The summed E-state index contributed by atoms with van der Waals surface area (Å²) >= 11 is 3.06. The number of carboxylic acids is 1. The lowest BCUT2D eigenvalue weighted by atomic mass is 9.99. The molecule has 112 valence electrons. The zero-order valence-electron chi connectivity index (χ0n) is 11.2. The van der Waals surface area contributed by atoms with E-state index in [4.69, 9.17) is 5.11 Å². The van der Waals surface area contributed by atoms with Gasteiger partial charge in [0.15, 0.2) is 0 Å². The lowest BCUT2D eigenvalue weighted by molar-refractivity contribution is -0.385. The van der Waals surface area contributed by atoms with E-state index in [1.165, 1.54) is 23.1 Å². The fourth-order valence-electron chi connectivity index (χ4n) is 2.42. The second-order valence-corrected chi connectivity index (χ2v) is 5.91. The number of hydrogen-bond acceptors (Lipinski definition) is 4. The van der Waals surface area contributed by atoms with Crippen LogP contribution in [0.2, 0.25) is 0 Å². The zero-order chi connectivity index (χ0) is 15.7. The molecule has 1 aromatic carbocycles. The van der Waals surface area contributed by atoms with Gasteiger partial charge in [-0.05, 0) is 34.0 Å². The van der Waals surface area contributed by atoms with E-state index in [2.05, 4.69) is 15.9 Å². The lowest BCUT2D eigenvalue weighted by Gasteiger charge is -2.15. The number of rotatable bonds is 3. The van der Waals surface area contributed by atoms with E-state index in [0.717, 1.165) is 0 Å². The fraction of sp³-hybridized carbons (Fsp3) is 0.385. The first-order valence-corrected chi connectivity index (χ1v) is 7.06. The molecule has 0 aromatic heterocycles. The fourth-order valence-corrected chi connectivity index (χ4v) is 2.81. The second kappa shape index (κ2) is 5.80. The Bertz CT molecular complexity index is 619. The van der Waals surface area contributed by atoms with Gasteiger partial charge in [0.1, 0.15) is 0 Å². The molecule has 0 bridgehead atoms. The van der Waals surface area contributed by atoms with Crippen molar-refractivity contribution in [3.05, 3.63) is 38.3 Å². The Balaban J connectivity index is 2.24. The number of nitrogens with zero attached hydrogens (tertiary/aromatic N) is 2. The van der Waals surface area contributed by atoms with Gasteiger partial charge in [0.25, 0.3) is 11.6 Å². The van der Waals surface area contributed by atoms with E-state index in [0.29, 0.717) is 11.0 Å². The molecule has 0 unspecified atom stereocenters. The third-order valence-electron chi connectivity index (χ3n) is 3.61. The number of amides is 1. The van der Waals surface area contributed by atoms with Gasteiger partial charge in [0.2, 0.25) is 0 Å². The number of likely N-dealkylation sites (tertiary alicyclic amines) is 1. The summed E-state index contributed by atoms with van der Waals surface area (Å²) in [6.45, 7) is 2.23. The molecule has 1 saturated heterocycles. The number of carboxylic acid groups (broad SMARTS) is 1. The maximum atomic E-state index is 12.3. The van der Waals surface area contributed by atoms with Crippen LogP contribution in [0.15, 0.2) is 22.7 Å². The third kappa shape index (κ3) is 3.05. The molecule has 2 rings (SSSR count). The van der Waals surface area contributed by atoms with Crippen LogP contribution in [0.3, 0.4) is 0 Å². The number of halogens is 1. The Morgan fingerprint density at radius 1 is 1.43 bits per heavy atom. The maximum Gasteiger partial charge on any atom is 0.308 e. The number of aliphatic carboxylic acids is 1. The molecule has 1 heterocycles. The Kier molecular flexibility index (Phi) is 4.26. The predicted molar refractivity (Wildman–Crippen MR) is 77.0 cm³/mol. The van der Waals surface area contributed by atoms with Gasteiger partial charge in [-0.3, -0.25) is 19.7 Å². The molecule has 8 heteroatoms. The summed E-state index contributed by atoms with van der Waals surface area (Å²) in [4.78, 5) is 35.1. The highest BCUT2D eigenvalue weighted by Gasteiger charge is 2.37. The molecule has 0 spiro atoms. The van der Waals surface area contributed by atoms with Gasteiger partial charge in [0, 0.05) is 24.7 Å². The van der Waals surface area contributed by atoms with E-state index in [1.54, 1.807) is 6.92 Å². The molecular formula is C13H13BrN2O5. The van der Waals surface area contributed by atoms with Crippen molar-refractivity contribution in [1.29, 1.82) is 0 Å². The minimum atomic E-state index is -0.931. The third-order valence-corrected chi connectivity index (χ3v) is 4.28. The Morgan fingerprint density at radius 3 is 2.62 bits per heavy atom. The van der Waals surface area contributed by atoms with E-state index in [-0.39, 0.29) is 29.6 Å².